The molecule has 1 N–H and O–H groups in total. The molecular formula is C18H28N2O2S. The molecule has 0 saturated heterocycles. The van der Waals surface area contributed by atoms with Gasteiger partial charge in [0.15, 0.2) is 0 Å². The van der Waals surface area contributed by atoms with Crippen LogP contribution < -0.4 is 5.32 Å². The summed E-state index contributed by atoms with van der Waals surface area (Å²) >= 11 is 1.60. The molecule has 2 rings (SSSR count). The highest BCUT2D eigenvalue weighted by Gasteiger charge is 2.24. The van der Waals surface area contributed by atoms with E-state index >= 15 is 0 Å². The number of thiophene rings is 1. The van der Waals surface area contributed by atoms with E-state index in [1.54, 1.807) is 18.4 Å². The fraction of sp³-hybridized carbons (Fsp3) is 0.667. The van der Waals surface area contributed by atoms with Crippen molar-refractivity contribution in [3.63, 3.8) is 0 Å². The van der Waals surface area contributed by atoms with Crippen LogP contribution in [0.15, 0.2) is 6.07 Å². The second-order valence-corrected chi connectivity index (χ2v) is 8.67. The van der Waals surface area contributed by atoms with Crippen molar-refractivity contribution in [2.45, 2.75) is 58.9 Å². The van der Waals surface area contributed by atoms with Gasteiger partial charge in [-0.1, -0.05) is 13.3 Å². The lowest BCUT2D eigenvalue weighted by Gasteiger charge is -2.23. The van der Waals surface area contributed by atoms with Crippen molar-refractivity contribution in [2.24, 2.45) is 5.92 Å². The second-order valence-electron chi connectivity index (χ2n) is 7.54. The van der Waals surface area contributed by atoms with Crippen molar-refractivity contribution in [3.05, 3.63) is 21.4 Å². The van der Waals surface area contributed by atoms with Gasteiger partial charge in [-0.2, -0.15) is 0 Å². The van der Waals surface area contributed by atoms with Crippen LogP contribution in [0.5, 0.6) is 0 Å². The summed E-state index contributed by atoms with van der Waals surface area (Å²) in [5, 5.41) is 2.89. The fourth-order valence-electron chi connectivity index (χ4n) is 2.99. The molecule has 0 saturated carbocycles. The molecule has 0 bridgehead atoms. The molecule has 23 heavy (non-hydrogen) atoms. The van der Waals surface area contributed by atoms with Crippen LogP contribution >= 0.6 is 11.3 Å². The van der Waals surface area contributed by atoms with Gasteiger partial charge in [0, 0.05) is 17.5 Å². The number of carbonyl (C=O) groups excluding carboxylic acids is 2. The van der Waals surface area contributed by atoms with Crippen molar-refractivity contribution < 1.29 is 9.59 Å². The fourth-order valence-corrected chi connectivity index (χ4v) is 4.19. The van der Waals surface area contributed by atoms with E-state index in [1.165, 1.54) is 28.2 Å². The van der Waals surface area contributed by atoms with E-state index < -0.39 is 0 Å². The minimum atomic E-state index is -0.280. The predicted molar refractivity (Wildman–Crippen MR) is 95.0 cm³/mol. The molecule has 128 valence electrons. The van der Waals surface area contributed by atoms with Gasteiger partial charge in [0.1, 0.15) is 0 Å². The third kappa shape index (κ3) is 4.80. The summed E-state index contributed by atoms with van der Waals surface area (Å²) in [4.78, 5) is 28.2. The first kappa shape index (κ1) is 18.0. The molecule has 0 fully saturated rings. The van der Waals surface area contributed by atoms with E-state index in [4.69, 9.17) is 0 Å². The molecule has 2 amide bonds. The topological polar surface area (TPSA) is 49.4 Å². The highest BCUT2D eigenvalue weighted by atomic mass is 32.1. The molecule has 1 heterocycles. The Labute approximate surface area is 143 Å². The van der Waals surface area contributed by atoms with Crippen molar-refractivity contribution in [2.75, 3.05) is 13.6 Å². The van der Waals surface area contributed by atoms with Crippen molar-refractivity contribution in [1.29, 1.82) is 0 Å². The molecule has 1 unspecified atom stereocenters. The summed E-state index contributed by atoms with van der Waals surface area (Å²) in [5.41, 5.74) is 1.06. The zero-order valence-electron chi connectivity index (χ0n) is 14.9. The smallest absolute Gasteiger partial charge is 0.264 e. The lowest BCUT2D eigenvalue weighted by Crippen LogP contribution is -2.46. The minimum absolute atomic E-state index is 0.0542. The maximum atomic E-state index is 12.6. The predicted octanol–water partition coefficient (Wildman–Crippen LogP) is 3.25. The van der Waals surface area contributed by atoms with Gasteiger partial charge in [-0.15, -0.1) is 11.3 Å². The van der Waals surface area contributed by atoms with E-state index in [0.717, 1.165) is 23.6 Å². The number of likely N-dealkylation sites (N-methyl/N-ethyl adjacent to an activating group) is 1. The normalized spacial score (nSPS) is 17.5. The highest BCUT2D eigenvalue weighted by molar-refractivity contribution is 7.14. The Morgan fingerprint density at radius 3 is 2.70 bits per heavy atom. The van der Waals surface area contributed by atoms with Gasteiger partial charge in [-0.3, -0.25) is 9.59 Å². The SMILES string of the molecule is CCC1CCc2sc(C(=O)N(C)CC(=O)NC(C)(C)C)cc2C1. The van der Waals surface area contributed by atoms with Gasteiger partial charge in [0.2, 0.25) is 5.91 Å². The van der Waals surface area contributed by atoms with Gasteiger partial charge >= 0.3 is 0 Å². The number of carbonyl (C=O) groups is 2. The van der Waals surface area contributed by atoms with E-state index in [-0.39, 0.29) is 23.9 Å². The van der Waals surface area contributed by atoms with Gasteiger partial charge in [-0.25, -0.2) is 0 Å². The molecular weight excluding hydrogens is 308 g/mol. The summed E-state index contributed by atoms with van der Waals surface area (Å²) in [6, 6.07) is 2.04. The largest absolute Gasteiger partial charge is 0.350 e. The summed E-state index contributed by atoms with van der Waals surface area (Å²) in [7, 11) is 1.69. The summed E-state index contributed by atoms with van der Waals surface area (Å²) in [5.74, 6) is 0.567. The molecule has 1 aliphatic rings. The molecule has 1 atom stereocenters. The molecule has 1 aromatic heterocycles. The van der Waals surface area contributed by atoms with Crippen LogP contribution in [0.3, 0.4) is 0 Å². The lowest BCUT2D eigenvalue weighted by atomic mass is 9.87. The average molecular weight is 337 g/mol. The Morgan fingerprint density at radius 1 is 1.39 bits per heavy atom. The van der Waals surface area contributed by atoms with Crippen molar-refractivity contribution in [3.8, 4) is 0 Å². The van der Waals surface area contributed by atoms with E-state index in [1.807, 2.05) is 26.8 Å². The maximum Gasteiger partial charge on any atom is 0.264 e. The van der Waals surface area contributed by atoms with Crippen LogP contribution in [-0.2, 0) is 17.6 Å². The molecule has 1 aliphatic carbocycles. The van der Waals surface area contributed by atoms with E-state index in [0.29, 0.717) is 0 Å². The molecule has 0 radical (unpaired) electrons. The number of hydrogen-bond donors (Lipinski definition) is 1. The number of fused-ring (bicyclic) bond motifs is 1. The summed E-state index contributed by atoms with van der Waals surface area (Å²) < 4.78 is 0. The van der Waals surface area contributed by atoms with E-state index in [2.05, 4.69) is 12.2 Å². The van der Waals surface area contributed by atoms with Gasteiger partial charge in [-0.05, 0) is 57.6 Å². The molecule has 4 nitrogen and oxygen atoms in total. The Balaban J connectivity index is 2.00. The Hall–Kier alpha value is -1.36. The summed E-state index contributed by atoms with van der Waals surface area (Å²) in [6.45, 7) is 8.13. The standard InChI is InChI=1S/C18H28N2O2S/c1-6-12-7-8-14-13(9-12)10-15(23-14)17(22)20(5)11-16(21)19-18(2,3)4/h10,12H,6-9,11H2,1-5H3,(H,19,21). The van der Waals surface area contributed by atoms with Crippen LogP contribution in [-0.4, -0.2) is 35.8 Å². The Bertz CT molecular complexity index is 586. The first-order valence-corrected chi connectivity index (χ1v) is 9.19. The molecule has 0 spiro atoms. The highest BCUT2D eigenvalue weighted by Crippen LogP contribution is 2.33. The monoisotopic (exact) mass is 336 g/mol. The van der Waals surface area contributed by atoms with Crippen molar-refractivity contribution >= 4 is 23.2 Å². The molecule has 0 aromatic carbocycles. The lowest BCUT2D eigenvalue weighted by molar-refractivity contribution is -0.122. The summed E-state index contributed by atoms with van der Waals surface area (Å²) in [6.07, 6.45) is 4.59. The Morgan fingerprint density at radius 2 is 2.09 bits per heavy atom. The third-order valence-corrected chi connectivity index (χ3v) is 5.44. The number of hydrogen-bond acceptors (Lipinski definition) is 3. The number of rotatable bonds is 4. The minimum Gasteiger partial charge on any atom is -0.350 e. The first-order chi connectivity index (χ1) is 10.7. The third-order valence-electron chi connectivity index (χ3n) is 4.21. The second kappa shape index (κ2) is 7.04. The van der Waals surface area contributed by atoms with Gasteiger partial charge in [0.25, 0.3) is 5.91 Å². The van der Waals surface area contributed by atoms with Crippen LogP contribution in [0.2, 0.25) is 0 Å². The number of aryl methyl sites for hydroxylation is 1. The van der Waals surface area contributed by atoms with E-state index in [9.17, 15) is 9.59 Å². The molecule has 5 heteroatoms. The first-order valence-electron chi connectivity index (χ1n) is 8.37. The molecule has 1 aromatic rings. The van der Waals surface area contributed by atoms with Crippen LogP contribution in [0, 0.1) is 5.92 Å². The quantitative estimate of drug-likeness (QED) is 0.917. The number of nitrogens with zero attached hydrogens (tertiary/aromatic N) is 1. The number of nitrogens with one attached hydrogen (secondary N) is 1. The molecule has 0 aliphatic heterocycles. The van der Waals surface area contributed by atoms with Crippen molar-refractivity contribution in [1.82, 2.24) is 10.2 Å². The number of amides is 2. The van der Waals surface area contributed by atoms with Crippen LogP contribution in [0.25, 0.3) is 0 Å². The zero-order chi connectivity index (χ0) is 17.2. The van der Waals surface area contributed by atoms with Crippen LogP contribution in [0.4, 0.5) is 0 Å². The van der Waals surface area contributed by atoms with Gasteiger partial charge < -0.3 is 10.2 Å². The maximum absolute atomic E-state index is 12.6. The van der Waals surface area contributed by atoms with Crippen LogP contribution in [0.1, 0.15) is 60.6 Å². The Kier molecular flexibility index (Phi) is 5.50. The average Bonchev–Trinajstić information content (AvgIpc) is 2.86. The van der Waals surface area contributed by atoms with Gasteiger partial charge in [0.05, 0.1) is 11.4 Å². The zero-order valence-corrected chi connectivity index (χ0v) is 15.7.